The first kappa shape index (κ1) is 10.5. The topological polar surface area (TPSA) is 32.3 Å². The van der Waals surface area contributed by atoms with Gasteiger partial charge in [0.2, 0.25) is 5.95 Å². The molecule has 1 heterocycles. The average Bonchev–Trinajstić information content (AvgIpc) is 2.15. The number of rotatable bonds is 3. The van der Waals surface area contributed by atoms with Crippen molar-refractivity contribution < 1.29 is 0 Å². The molecule has 0 bridgehead atoms. The summed E-state index contributed by atoms with van der Waals surface area (Å²) >= 11 is 0. The number of hydrogen-bond acceptors (Lipinski definition) is 4. The second-order valence-corrected chi connectivity index (χ2v) is 3.46. The van der Waals surface area contributed by atoms with E-state index in [1.807, 2.05) is 56.3 Å². The molecule has 0 spiro atoms. The highest BCUT2D eigenvalue weighted by atomic mass is 15.2. The Kier molecular flexibility index (Phi) is 3.45. The van der Waals surface area contributed by atoms with Gasteiger partial charge in [0.25, 0.3) is 0 Å². The van der Waals surface area contributed by atoms with Gasteiger partial charge in [-0.25, -0.2) is 9.97 Å². The molecular formula is C10H16N4. The summed E-state index contributed by atoms with van der Waals surface area (Å²) in [5.41, 5.74) is 0.914. The lowest BCUT2D eigenvalue weighted by atomic mass is 10.4. The van der Waals surface area contributed by atoms with Gasteiger partial charge in [-0.1, -0.05) is 0 Å². The lowest BCUT2D eigenvalue weighted by Gasteiger charge is -2.09. The van der Waals surface area contributed by atoms with E-state index in [-0.39, 0.29) is 0 Å². The maximum absolute atomic E-state index is 4.35. The average molecular weight is 192 g/mol. The molecule has 0 radical (unpaired) electrons. The fraction of sp³-hybridized carbons (Fsp3) is 0.400. The third-order valence-corrected chi connectivity index (χ3v) is 1.61. The van der Waals surface area contributed by atoms with Crippen molar-refractivity contribution in [3.8, 4) is 0 Å². The Labute approximate surface area is 84.9 Å². The fourth-order valence-corrected chi connectivity index (χ4v) is 0.896. The monoisotopic (exact) mass is 192 g/mol. The first-order valence-electron chi connectivity index (χ1n) is 4.44. The predicted octanol–water partition coefficient (Wildman–Crippen LogP) is 1.07. The van der Waals surface area contributed by atoms with Crippen LogP contribution in [0, 0.1) is 0 Å². The van der Waals surface area contributed by atoms with E-state index in [4.69, 9.17) is 0 Å². The van der Waals surface area contributed by atoms with E-state index < -0.39 is 0 Å². The summed E-state index contributed by atoms with van der Waals surface area (Å²) in [4.78, 5) is 12.3. The Bertz CT molecular complexity index is 318. The lowest BCUT2D eigenvalue weighted by Crippen LogP contribution is -2.12. The van der Waals surface area contributed by atoms with Crippen LogP contribution >= 0.6 is 0 Å². The number of aromatic nitrogens is 2. The van der Waals surface area contributed by atoms with Gasteiger partial charge in [-0.05, 0) is 12.1 Å². The summed E-state index contributed by atoms with van der Waals surface area (Å²) in [6, 6.07) is 1.88. The normalized spacial score (nSPS) is 10.6. The Hall–Kier alpha value is -1.58. The molecule has 0 saturated heterocycles. The third-order valence-electron chi connectivity index (χ3n) is 1.61. The number of anilines is 1. The van der Waals surface area contributed by atoms with Crippen molar-refractivity contribution in [2.75, 3.05) is 33.1 Å². The summed E-state index contributed by atoms with van der Waals surface area (Å²) in [6.45, 7) is 0. The van der Waals surface area contributed by atoms with Gasteiger partial charge in [-0.2, -0.15) is 0 Å². The van der Waals surface area contributed by atoms with Crippen LogP contribution in [0.2, 0.25) is 0 Å². The van der Waals surface area contributed by atoms with Crippen LogP contribution in [0.3, 0.4) is 0 Å². The third kappa shape index (κ3) is 3.05. The molecule has 0 amide bonds. The Morgan fingerprint density at radius 1 is 1.21 bits per heavy atom. The van der Waals surface area contributed by atoms with E-state index in [1.165, 1.54) is 0 Å². The first-order valence-corrected chi connectivity index (χ1v) is 4.44. The van der Waals surface area contributed by atoms with E-state index in [0.717, 1.165) is 11.6 Å². The van der Waals surface area contributed by atoms with Crippen molar-refractivity contribution in [1.29, 1.82) is 0 Å². The van der Waals surface area contributed by atoms with Crippen LogP contribution in [0.1, 0.15) is 5.69 Å². The molecule has 0 unspecified atom stereocenters. The number of nitrogens with zero attached hydrogens (tertiary/aromatic N) is 4. The molecule has 14 heavy (non-hydrogen) atoms. The second kappa shape index (κ2) is 4.60. The van der Waals surface area contributed by atoms with E-state index in [2.05, 4.69) is 9.97 Å². The molecule has 0 aliphatic carbocycles. The van der Waals surface area contributed by atoms with Crippen molar-refractivity contribution in [2.45, 2.75) is 0 Å². The second-order valence-electron chi connectivity index (χ2n) is 3.46. The van der Waals surface area contributed by atoms with Crippen LogP contribution in [0.25, 0.3) is 6.08 Å². The van der Waals surface area contributed by atoms with Crippen molar-refractivity contribution >= 4 is 12.0 Å². The fourth-order valence-electron chi connectivity index (χ4n) is 0.896. The number of hydrogen-bond donors (Lipinski definition) is 0. The standard InChI is InChI=1S/C10H16N4/c1-13(2)8-6-9-5-7-11-10(12-9)14(3)4/h5-8H,1-4H3/b8-6+. The smallest absolute Gasteiger partial charge is 0.225 e. The van der Waals surface area contributed by atoms with E-state index in [1.54, 1.807) is 6.20 Å². The summed E-state index contributed by atoms with van der Waals surface area (Å²) in [5.74, 6) is 0.728. The van der Waals surface area contributed by atoms with E-state index >= 15 is 0 Å². The lowest BCUT2D eigenvalue weighted by molar-refractivity contribution is 0.567. The molecule has 4 nitrogen and oxygen atoms in total. The molecule has 4 heteroatoms. The molecule has 76 valence electrons. The van der Waals surface area contributed by atoms with Crippen LogP contribution in [0.4, 0.5) is 5.95 Å². The zero-order valence-corrected chi connectivity index (χ0v) is 9.10. The van der Waals surface area contributed by atoms with Crippen LogP contribution < -0.4 is 4.90 Å². The van der Waals surface area contributed by atoms with E-state index in [9.17, 15) is 0 Å². The van der Waals surface area contributed by atoms with Crippen molar-refractivity contribution in [3.63, 3.8) is 0 Å². The minimum Gasteiger partial charge on any atom is -0.383 e. The van der Waals surface area contributed by atoms with Gasteiger partial charge in [0.05, 0.1) is 5.69 Å². The van der Waals surface area contributed by atoms with Crippen LogP contribution in [-0.4, -0.2) is 43.1 Å². The maximum atomic E-state index is 4.35. The highest BCUT2D eigenvalue weighted by Gasteiger charge is 1.97. The minimum atomic E-state index is 0.728. The summed E-state index contributed by atoms with van der Waals surface area (Å²) in [6.07, 6.45) is 5.67. The van der Waals surface area contributed by atoms with Crippen molar-refractivity contribution in [2.24, 2.45) is 0 Å². The van der Waals surface area contributed by atoms with Crippen LogP contribution in [-0.2, 0) is 0 Å². The maximum Gasteiger partial charge on any atom is 0.225 e. The van der Waals surface area contributed by atoms with Gasteiger partial charge in [0.1, 0.15) is 0 Å². The van der Waals surface area contributed by atoms with Gasteiger partial charge in [0.15, 0.2) is 0 Å². The highest BCUT2D eigenvalue weighted by molar-refractivity contribution is 5.45. The molecule has 1 aromatic rings. The van der Waals surface area contributed by atoms with Crippen LogP contribution in [0.15, 0.2) is 18.5 Å². The Morgan fingerprint density at radius 2 is 1.93 bits per heavy atom. The molecule has 0 saturated carbocycles. The molecule has 0 fully saturated rings. The SMILES string of the molecule is CN(C)/C=C/c1ccnc(N(C)C)n1. The van der Waals surface area contributed by atoms with Gasteiger partial charge in [-0.3, -0.25) is 0 Å². The summed E-state index contributed by atoms with van der Waals surface area (Å²) in [7, 11) is 7.80. The largest absolute Gasteiger partial charge is 0.383 e. The van der Waals surface area contributed by atoms with Gasteiger partial charge in [0, 0.05) is 40.6 Å². The summed E-state index contributed by atoms with van der Waals surface area (Å²) < 4.78 is 0. The van der Waals surface area contributed by atoms with Crippen LogP contribution in [0.5, 0.6) is 0 Å². The Balaban J connectivity index is 2.83. The summed E-state index contributed by atoms with van der Waals surface area (Å²) in [5, 5.41) is 0. The molecular weight excluding hydrogens is 176 g/mol. The van der Waals surface area contributed by atoms with Gasteiger partial charge >= 0.3 is 0 Å². The van der Waals surface area contributed by atoms with E-state index in [0.29, 0.717) is 0 Å². The van der Waals surface area contributed by atoms with Crippen molar-refractivity contribution in [3.05, 3.63) is 24.2 Å². The molecule has 0 aliphatic rings. The first-order chi connectivity index (χ1) is 6.59. The quantitative estimate of drug-likeness (QED) is 0.717. The van der Waals surface area contributed by atoms with Gasteiger partial charge in [-0.15, -0.1) is 0 Å². The minimum absolute atomic E-state index is 0.728. The molecule has 1 aromatic heterocycles. The molecule has 0 atom stereocenters. The molecule has 0 aliphatic heterocycles. The van der Waals surface area contributed by atoms with Crippen molar-refractivity contribution in [1.82, 2.24) is 14.9 Å². The van der Waals surface area contributed by atoms with Gasteiger partial charge < -0.3 is 9.80 Å². The molecule has 0 aromatic carbocycles. The highest BCUT2D eigenvalue weighted by Crippen LogP contribution is 2.04. The zero-order chi connectivity index (χ0) is 10.6. The Morgan fingerprint density at radius 3 is 2.50 bits per heavy atom. The molecule has 1 rings (SSSR count). The predicted molar refractivity (Wildman–Crippen MR) is 59.1 cm³/mol. The molecule has 0 N–H and O–H groups in total. The zero-order valence-electron chi connectivity index (χ0n) is 9.10.